The molecule has 5 fully saturated rings. The molecule has 398 valence electrons. The first-order valence-corrected chi connectivity index (χ1v) is 26.4. The van der Waals surface area contributed by atoms with Crippen LogP contribution in [0.4, 0.5) is 25.1 Å². The maximum absolute atomic E-state index is 17.2. The van der Waals surface area contributed by atoms with Crippen LogP contribution >= 0.6 is 0 Å². The Morgan fingerprint density at radius 3 is 2.52 bits per heavy atom. The molecule has 0 aliphatic carbocycles. The molecule has 77 heavy (non-hydrogen) atoms. The van der Waals surface area contributed by atoms with Crippen molar-refractivity contribution in [2.24, 2.45) is 0 Å². The van der Waals surface area contributed by atoms with Crippen LogP contribution in [0.3, 0.4) is 0 Å². The number of hydrogen-bond acceptors (Lipinski definition) is 14. The third-order valence-electron chi connectivity index (χ3n) is 16.0. The number of piperazine rings is 1. The first-order valence-electron chi connectivity index (χ1n) is 26.4. The van der Waals surface area contributed by atoms with Gasteiger partial charge < -0.3 is 30.3 Å². The number of terminal acetylenes is 1. The number of alkyl carbamates (subject to hydrolysis) is 1. The first-order chi connectivity index (χ1) is 37.3. The fraction of sp³-hybridized carbons (Fsp3) is 0.421. The summed E-state index contributed by atoms with van der Waals surface area (Å²) in [6, 6.07) is 12.0. The van der Waals surface area contributed by atoms with Gasteiger partial charge in [0.15, 0.2) is 5.82 Å². The van der Waals surface area contributed by atoms with Crippen molar-refractivity contribution in [3.05, 3.63) is 95.2 Å². The second kappa shape index (κ2) is 21.3. The monoisotopic (exact) mass is 1050 g/mol. The number of rotatable bonds is 17. The number of unbranched alkanes of at least 4 members (excludes halogenated alkanes) is 4. The largest absolute Gasteiger partial charge is 0.461 e. The molecule has 3 aromatic carbocycles. The molecule has 2 bridgehead atoms. The Kier molecular flexibility index (Phi) is 14.1. The third-order valence-corrected chi connectivity index (χ3v) is 16.0. The van der Waals surface area contributed by atoms with Gasteiger partial charge in [-0.15, -0.1) is 6.42 Å². The van der Waals surface area contributed by atoms with Gasteiger partial charge in [-0.1, -0.05) is 61.6 Å². The van der Waals surface area contributed by atoms with Gasteiger partial charge in [0, 0.05) is 80.0 Å². The number of nitrogens with one attached hydrogen (secondary N) is 4. The zero-order valence-electron chi connectivity index (χ0n) is 42.4. The fourth-order valence-electron chi connectivity index (χ4n) is 12.3. The van der Waals surface area contributed by atoms with E-state index in [1.54, 1.807) is 36.5 Å². The molecule has 5 atom stereocenters. The molecule has 5 saturated heterocycles. The molecule has 0 spiro atoms. The van der Waals surface area contributed by atoms with E-state index in [0.717, 1.165) is 61.8 Å². The summed E-state index contributed by atoms with van der Waals surface area (Å²) in [7, 11) is 0. The standard InChI is InChI=1S/C57H58F2N10O8/c1-3-38-43(58)18-13-33-10-9-11-40(47(33)38)49-48(59)50-42(26-61-49)51(67-28-35-14-15-36(29-67)62-35)66-55(65-50)77-31-57-22-21-37(68(57)27-32(2)25-57)30-76-56(75)60-23-8-6-4-5-7-12-45(70)63-34-16-17-39-41(24-34)54(74)69(53(39)73)44-19-20-46(71)64-52(44)72/h1,9-11,13,16-18,24,26,35-37,44,62H,2,4-8,12,14-15,19-23,25,27-31H2,(H,60,75)(H,63,70)(H,64,71,72). The molecule has 0 radical (unpaired) electrons. The van der Waals surface area contributed by atoms with Crippen LogP contribution in [0.25, 0.3) is 32.9 Å². The number of imide groups is 2. The summed E-state index contributed by atoms with van der Waals surface area (Å²) in [5.41, 5.74) is 1.52. The quantitative estimate of drug-likeness (QED) is 0.0330. The van der Waals surface area contributed by atoms with Gasteiger partial charge in [-0.25, -0.2) is 13.6 Å². The zero-order valence-corrected chi connectivity index (χ0v) is 42.4. The van der Waals surface area contributed by atoms with Crippen molar-refractivity contribution in [2.75, 3.05) is 49.6 Å². The van der Waals surface area contributed by atoms with Gasteiger partial charge in [-0.2, -0.15) is 9.97 Å². The van der Waals surface area contributed by atoms with Gasteiger partial charge in [0.05, 0.1) is 27.6 Å². The number of fused-ring (bicyclic) bond motifs is 6. The van der Waals surface area contributed by atoms with E-state index < -0.39 is 52.9 Å². The Balaban J connectivity index is 0.657. The summed E-state index contributed by atoms with van der Waals surface area (Å²) in [6.07, 6.45) is 15.2. The molecule has 20 heteroatoms. The van der Waals surface area contributed by atoms with Gasteiger partial charge in [0.2, 0.25) is 17.7 Å². The molecule has 5 unspecified atom stereocenters. The molecule has 11 rings (SSSR count). The van der Waals surface area contributed by atoms with Gasteiger partial charge in [-0.05, 0) is 81.0 Å². The summed E-state index contributed by atoms with van der Waals surface area (Å²) < 4.78 is 44.5. The average Bonchev–Trinajstić information content (AvgIpc) is 4.19. The lowest BCUT2D eigenvalue weighted by molar-refractivity contribution is -0.136. The van der Waals surface area contributed by atoms with E-state index in [1.807, 2.05) is 0 Å². The van der Waals surface area contributed by atoms with Crippen LogP contribution in [0.15, 0.2) is 66.9 Å². The summed E-state index contributed by atoms with van der Waals surface area (Å²) in [5, 5.41) is 12.9. The van der Waals surface area contributed by atoms with E-state index in [4.69, 9.17) is 25.9 Å². The number of ether oxygens (including phenoxy) is 2. The lowest BCUT2D eigenvalue weighted by Gasteiger charge is -2.35. The highest BCUT2D eigenvalue weighted by molar-refractivity contribution is 6.24. The number of benzene rings is 3. The van der Waals surface area contributed by atoms with Crippen molar-refractivity contribution in [1.29, 1.82) is 0 Å². The number of amides is 6. The Bertz CT molecular complexity index is 3320. The maximum atomic E-state index is 17.2. The molecule has 6 amide bonds. The molecule has 18 nitrogen and oxygen atoms in total. The Morgan fingerprint density at radius 2 is 1.71 bits per heavy atom. The highest BCUT2D eigenvalue weighted by Crippen LogP contribution is 2.45. The summed E-state index contributed by atoms with van der Waals surface area (Å²) in [4.78, 5) is 95.4. The maximum Gasteiger partial charge on any atom is 0.407 e. The number of piperidine rings is 1. The number of hydrogen-bond donors (Lipinski definition) is 4. The summed E-state index contributed by atoms with van der Waals surface area (Å²) >= 11 is 0. The predicted octanol–water partition coefficient (Wildman–Crippen LogP) is 6.69. The fourth-order valence-corrected chi connectivity index (χ4v) is 12.3. The van der Waals surface area contributed by atoms with Crippen molar-refractivity contribution < 1.29 is 47.0 Å². The van der Waals surface area contributed by atoms with Crippen LogP contribution in [0.2, 0.25) is 0 Å². The van der Waals surface area contributed by atoms with Crippen LogP contribution < -0.4 is 30.9 Å². The number of nitrogens with zero attached hydrogens (tertiary/aromatic N) is 6. The molecule has 2 aromatic heterocycles. The predicted molar refractivity (Wildman–Crippen MR) is 281 cm³/mol. The van der Waals surface area contributed by atoms with Crippen LogP contribution in [0.1, 0.15) is 110 Å². The van der Waals surface area contributed by atoms with E-state index in [9.17, 15) is 28.8 Å². The first kappa shape index (κ1) is 51.2. The highest BCUT2D eigenvalue weighted by atomic mass is 19.1. The Labute approximate surface area is 442 Å². The molecule has 8 heterocycles. The minimum atomic E-state index is -1.07. The summed E-state index contributed by atoms with van der Waals surface area (Å²) in [6.45, 7) is 7.06. The normalized spacial score (nSPS) is 22.8. The van der Waals surface area contributed by atoms with E-state index in [2.05, 4.69) is 48.6 Å². The van der Waals surface area contributed by atoms with Crippen LogP contribution in [-0.2, 0) is 19.1 Å². The van der Waals surface area contributed by atoms with Crippen molar-refractivity contribution in [2.45, 2.75) is 113 Å². The van der Waals surface area contributed by atoms with E-state index in [0.29, 0.717) is 72.2 Å². The molecule has 6 aliphatic heterocycles. The van der Waals surface area contributed by atoms with Crippen molar-refractivity contribution in [1.82, 2.24) is 40.7 Å². The number of carbonyl (C=O) groups is 6. The number of halogens is 2. The number of aromatic nitrogens is 3. The van der Waals surface area contributed by atoms with Crippen LogP contribution in [-0.4, -0.2) is 129 Å². The zero-order chi connectivity index (χ0) is 53.5. The van der Waals surface area contributed by atoms with E-state index >= 15 is 8.78 Å². The highest BCUT2D eigenvalue weighted by Gasteiger charge is 2.52. The van der Waals surface area contributed by atoms with Gasteiger partial charge in [0.1, 0.15) is 42.1 Å². The van der Waals surface area contributed by atoms with E-state index in [-0.39, 0.29) is 90.4 Å². The Morgan fingerprint density at radius 1 is 0.922 bits per heavy atom. The molecular formula is C57H58F2N10O8. The average molecular weight is 1050 g/mol. The minimum Gasteiger partial charge on any atom is -0.461 e. The van der Waals surface area contributed by atoms with Gasteiger partial charge in [0.25, 0.3) is 11.8 Å². The molecule has 0 saturated carbocycles. The third kappa shape index (κ3) is 10.0. The van der Waals surface area contributed by atoms with Crippen LogP contribution in [0, 0.1) is 24.0 Å². The number of pyridine rings is 1. The van der Waals surface area contributed by atoms with Crippen LogP contribution in [0.5, 0.6) is 6.01 Å². The van der Waals surface area contributed by atoms with E-state index in [1.165, 1.54) is 18.2 Å². The molecule has 4 N–H and O–H groups in total. The Hall–Kier alpha value is -7.89. The summed E-state index contributed by atoms with van der Waals surface area (Å²) in [5.74, 6) is -0.952. The smallest absolute Gasteiger partial charge is 0.407 e. The molecule has 6 aliphatic rings. The lowest BCUT2D eigenvalue weighted by atomic mass is 9.94. The van der Waals surface area contributed by atoms with Crippen molar-refractivity contribution in [3.8, 4) is 29.6 Å². The van der Waals surface area contributed by atoms with Crippen molar-refractivity contribution >= 4 is 68.8 Å². The van der Waals surface area contributed by atoms with Gasteiger partial charge >= 0.3 is 12.1 Å². The number of anilines is 2. The van der Waals surface area contributed by atoms with Crippen molar-refractivity contribution in [3.63, 3.8) is 0 Å². The van der Waals surface area contributed by atoms with Gasteiger partial charge in [-0.3, -0.25) is 44.1 Å². The lowest BCUT2D eigenvalue weighted by Crippen LogP contribution is -2.54. The SMILES string of the molecule is C#Cc1c(F)ccc2cccc(-c3ncc4c(N5CC6CCC(C5)N6)nc(OCC56CCC(COC(=O)NCCCCCCCC(=O)Nc7ccc8c(c7)C(=O)N(C7CCC(=O)NC7=O)C8=O)N5CC(=C)C6)nc4c3F)c12. The second-order valence-electron chi connectivity index (χ2n) is 21.1. The molecular weight excluding hydrogens is 991 g/mol. The molecule has 5 aromatic rings. The second-order valence-corrected chi connectivity index (χ2v) is 21.1. The topological polar surface area (TPSA) is 217 Å². The number of carbonyl (C=O) groups excluding carboxylic acids is 6. The minimum absolute atomic E-state index is 0.0157.